The molecule has 1 fully saturated rings. The Hall–Kier alpha value is -1.30. The Kier molecular flexibility index (Phi) is 6.23. The van der Waals surface area contributed by atoms with E-state index in [1.807, 2.05) is 39.5 Å². The molecule has 0 aromatic rings. The van der Waals surface area contributed by atoms with E-state index in [1.165, 1.54) is 0 Å². The van der Waals surface area contributed by atoms with E-state index in [0.29, 0.717) is 13.1 Å². The van der Waals surface area contributed by atoms with Gasteiger partial charge in [0.2, 0.25) is 5.91 Å². The van der Waals surface area contributed by atoms with Crippen molar-refractivity contribution in [2.45, 2.75) is 78.1 Å². The van der Waals surface area contributed by atoms with Gasteiger partial charge in [0, 0.05) is 25.2 Å². The van der Waals surface area contributed by atoms with Crippen LogP contribution in [0.25, 0.3) is 0 Å². The van der Waals surface area contributed by atoms with E-state index in [9.17, 15) is 9.59 Å². The van der Waals surface area contributed by atoms with Gasteiger partial charge in [0.25, 0.3) is 0 Å². The lowest BCUT2D eigenvalue weighted by Gasteiger charge is -2.42. The first-order valence-corrected chi connectivity index (χ1v) is 8.08. The predicted molar refractivity (Wildman–Crippen MR) is 86.5 cm³/mol. The Morgan fingerprint density at radius 3 is 2.32 bits per heavy atom. The van der Waals surface area contributed by atoms with Crippen molar-refractivity contribution in [3.63, 3.8) is 0 Å². The van der Waals surface area contributed by atoms with Crippen LogP contribution < -0.4 is 5.73 Å². The second-order valence-corrected chi connectivity index (χ2v) is 7.35. The third-order valence-electron chi connectivity index (χ3n) is 3.64. The monoisotopic (exact) mass is 313 g/mol. The van der Waals surface area contributed by atoms with Crippen LogP contribution in [0.1, 0.15) is 54.4 Å². The molecule has 2 amide bonds. The van der Waals surface area contributed by atoms with E-state index in [1.54, 1.807) is 11.8 Å². The number of piperidine rings is 1. The molecule has 1 aliphatic rings. The molecule has 0 radical (unpaired) electrons. The molecule has 0 aliphatic carbocycles. The zero-order chi connectivity index (χ0) is 17.1. The van der Waals surface area contributed by atoms with Crippen LogP contribution in [0.3, 0.4) is 0 Å². The second kappa shape index (κ2) is 7.31. The zero-order valence-corrected chi connectivity index (χ0v) is 14.8. The maximum absolute atomic E-state index is 12.4. The van der Waals surface area contributed by atoms with Crippen molar-refractivity contribution in [3.05, 3.63) is 0 Å². The first kappa shape index (κ1) is 18.7. The van der Waals surface area contributed by atoms with Gasteiger partial charge < -0.3 is 20.3 Å². The quantitative estimate of drug-likeness (QED) is 0.864. The van der Waals surface area contributed by atoms with Crippen molar-refractivity contribution in [1.82, 2.24) is 9.80 Å². The second-order valence-electron chi connectivity index (χ2n) is 7.35. The standard InChI is InChI=1S/C16H31N3O3/c1-11(2)19(14(20)12(3)17)13-8-7-9-18(10-13)15(21)22-16(4,5)6/h11-13H,7-10,17H2,1-6H3/t12-,13+/m0/s1. The average molecular weight is 313 g/mol. The Bertz CT molecular complexity index is 402. The van der Waals surface area contributed by atoms with Gasteiger partial charge in [-0.1, -0.05) is 0 Å². The van der Waals surface area contributed by atoms with Crippen LogP contribution in [-0.4, -0.2) is 58.6 Å². The van der Waals surface area contributed by atoms with Gasteiger partial charge in [-0.25, -0.2) is 4.79 Å². The molecule has 1 aliphatic heterocycles. The van der Waals surface area contributed by atoms with E-state index >= 15 is 0 Å². The van der Waals surface area contributed by atoms with Gasteiger partial charge >= 0.3 is 6.09 Å². The first-order chi connectivity index (χ1) is 10.0. The molecule has 0 bridgehead atoms. The Balaban J connectivity index is 2.79. The SMILES string of the molecule is CC(C)N(C(=O)[C@H](C)N)[C@@H]1CCCN(C(=O)OC(C)(C)C)C1. The molecule has 1 heterocycles. The summed E-state index contributed by atoms with van der Waals surface area (Å²) in [6.07, 6.45) is 1.43. The molecule has 0 aromatic carbocycles. The van der Waals surface area contributed by atoms with Crippen LogP contribution in [0, 0.1) is 0 Å². The van der Waals surface area contributed by atoms with E-state index in [0.717, 1.165) is 12.8 Å². The fourth-order valence-corrected chi connectivity index (χ4v) is 2.77. The average Bonchev–Trinajstić information content (AvgIpc) is 2.36. The molecular weight excluding hydrogens is 282 g/mol. The summed E-state index contributed by atoms with van der Waals surface area (Å²) in [5.41, 5.74) is 5.25. The molecule has 0 spiro atoms. The molecular formula is C16H31N3O3. The Morgan fingerprint density at radius 2 is 1.86 bits per heavy atom. The molecule has 1 rings (SSSR count). The van der Waals surface area contributed by atoms with Gasteiger partial charge in [0.15, 0.2) is 0 Å². The largest absolute Gasteiger partial charge is 0.444 e. The number of likely N-dealkylation sites (tertiary alicyclic amines) is 1. The highest BCUT2D eigenvalue weighted by molar-refractivity contribution is 5.82. The lowest BCUT2D eigenvalue weighted by Crippen LogP contribution is -2.57. The Labute approximate surface area is 134 Å². The third kappa shape index (κ3) is 5.16. The summed E-state index contributed by atoms with van der Waals surface area (Å²) < 4.78 is 5.43. The highest BCUT2D eigenvalue weighted by atomic mass is 16.6. The summed E-state index contributed by atoms with van der Waals surface area (Å²) in [5, 5.41) is 0. The van der Waals surface area contributed by atoms with E-state index in [2.05, 4.69) is 0 Å². The Morgan fingerprint density at radius 1 is 1.27 bits per heavy atom. The van der Waals surface area contributed by atoms with Crippen LogP contribution in [0.15, 0.2) is 0 Å². The van der Waals surface area contributed by atoms with Crippen LogP contribution in [-0.2, 0) is 9.53 Å². The number of nitrogens with zero attached hydrogens (tertiary/aromatic N) is 2. The fraction of sp³-hybridized carbons (Fsp3) is 0.875. The minimum Gasteiger partial charge on any atom is -0.444 e. The van der Waals surface area contributed by atoms with E-state index < -0.39 is 11.6 Å². The maximum Gasteiger partial charge on any atom is 0.410 e. The van der Waals surface area contributed by atoms with Gasteiger partial charge in [-0.3, -0.25) is 4.79 Å². The number of ether oxygens (including phenoxy) is 1. The summed E-state index contributed by atoms with van der Waals surface area (Å²) in [6, 6.07) is -0.471. The minimum absolute atomic E-state index is 0.000214. The van der Waals surface area contributed by atoms with Gasteiger partial charge in [0.1, 0.15) is 5.60 Å². The van der Waals surface area contributed by atoms with Gasteiger partial charge in [-0.05, 0) is 54.4 Å². The van der Waals surface area contributed by atoms with Crippen LogP contribution >= 0.6 is 0 Å². The highest BCUT2D eigenvalue weighted by Crippen LogP contribution is 2.21. The lowest BCUT2D eigenvalue weighted by atomic mass is 10.0. The predicted octanol–water partition coefficient (Wildman–Crippen LogP) is 1.97. The van der Waals surface area contributed by atoms with Crippen molar-refractivity contribution in [2.24, 2.45) is 5.73 Å². The number of carbonyl (C=O) groups excluding carboxylic acids is 2. The number of nitrogens with two attached hydrogens (primary N) is 1. The fourth-order valence-electron chi connectivity index (χ4n) is 2.77. The lowest BCUT2D eigenvalue weighted by molar-refractivity contribution is -0.137. The van der Waals surface area contributed by atoms with Crippen LogP contribution in [0.4, 0.5) is 4.79 Å². The number of amides is 2. The molecule has 2 atom stereocenters. The maximum atomic E-state index is 12.4. The molecule has 6 nitrogen and oxygen atoms in total. The summed E-state index contributed by atoms with van der Waals surface area (Å²) >= 11 is 0. The van der Waals surface area contributed by atoms with Crippen molar-refractivity contribution < 1.29 is 14.3 Å². The highest BCUT2D eigenvalue weighted by Gasteiger charge is 2.34. The number of hydrogen-bond acceptors (Lipinski definition) is 4. The molecule has 1 saturated heterocycles. The molecule has 0 aromatic heterocycles. The zero-order valence-electron chi connectivity index (χ0n) is 14.8. The van der Waals surface area contributed by atoms with Crippen molar-refractivity contribution >= 4 is 12.0 Å². The topological polar surface area (TPSA) is 75.9 Å². The summed E-state index contributed by atoms with van der Waals surface area (Å²) in [7, 11) is 0. The first-order valence-electron chi connectivity index (χ1n) is 8.08. The van der Waals surface area contributed by atoms with Crippen molar-refractivity contribution in [3.8, 4) is 0 Å². The van der Waals surface area contributed by atoms with Gasteiger partial charge in [-0.15, -0.1) is 0 Å². The third-order valence-corrected chi connectivity index (χ3v) is 3.64. The number of carbonyl (C=O) groups is 2. The molecule has 0 saturated carbocycles. The summed E-state index contributed by atoms with van der Waals surface area (Å²) in [5.74, 6) is -0.0639. The molecule has 128 valence electrons. The minimum atomic E-state index is -0.528. The summed E-state index contributed by atoms with van der Waals surface area (Å²) in [4.78, 5) is 28.1. The van der Waals surface area contributed by atoms with E-state index in [-0.39, 0.29) is 24.1 Å². The summed E-state index contributed by atoms with van der Waals surface area (Å²) in [6.45, 7) is 12.4. The molecule has 22 heavy (non-hydrogen) atoms. The van der Waals surface area contributed by atoms with Crippen LogP contribution in [0.2, 0.25) is 0 Å². The molecule has 6 heteroatoms. The van der Waals surface area contributed by atoms with Gasteiger partial charge in [-0.2, -0.15) is 0 Å². The van der Waals surface area contributed by atoms with Crippen LogP contribution in [0.5, 0.6) is 0 Å². The molecule has 0 unspecified atom stereocenters. The smallest absolute Gasteiger partial charge is 0.410 e. The van der Waals surface area contributed by atoms with Crippen molar-refractivity contribution in [2.75, 3.05) is 13.1 Å². The van der Waals surface area contributed by atoms with E-state index in [4.69, 9.17) is 10.5 Å². The van der Waals surface area contributed by atoms with Crippen molar-refractivity contribution in [1.29, 1.82) is 0 Å². The molecule has 2 N–H and O–H groups in total. The normalized spacial score (nSPS) is 20.7. The number of rotatable bonds is 3. The number of hydrogen-bond donors (Lipinski definition) is 1. The van der Waals surface area contributed by atoms with Gasteiger partial charge in [0.05, 0.1) is 6.04 Å².